The Bertz CT molecular complexity index is 255. The van der Waals surface area contributed by atoms with Crippen LogP contribution in [0.5, 0.6) is 0 Å². The molecule has 12 heavy (non-hydrogen) atoms. The third kappa shape index (κ3) is 1.85. The maximum absolute atomic E-state index is 5.72. The van der Waals surface area contributed by atoms with Crippen LogP contribution in [0.4, 0.5) is 0 Å². The zero-order valence-electron chi connectivity index (χ0n) is 8.20. The van der Waals surface area contributed by atoms with Crippen molar-refractivity contribution in [3.05, 3.63) is 18.0 Å². The van der Waals surface area contributed by atoms with Gasteiger partial charge in [0.25, 0.3) is 0 Å². The molecule has 0 aliphatic heterocycles. The second-order valence-corrected chi connectivity index (χ2v) is 4.18. The zero-order chi connectivity index (χ0) is 9.35. The van der Waals surface area contributed by atoms with Gasteiger partial charge in [-0.05, 0) is 27.7 Å². The molecule has 0 aliphatic rings. The Balaban J connectivity index is 2.92. The summed E-state index contributed by atoms with van der Waals surface area (Å²) in [5, 5.41) is 4.25. The number of hydrogen-bond donors (Lipinski definition) is 1. The van der Waals surface area contributed by atoms with E-state index in [2.05, 4.69) is 25.9 Å². The Labute approximate surface area is 73.6 Å². The van der Waals surface area contributed by atoms with Crippen LogP contribution < -0.4 is 5.73 Å². The van der Waals surface area contributed by atoms with E-state index in [-0.39, 0.29) is 11.6 Å². The fraction of sp³-hybridized carbons (Fsp3) is 0.667. The molecular weight excluding hydrogens is 150 g/mol. The third-order valence-electron chi connectivity index (χ3n) is 1.82. The molecule has 1 atom stereocenters. The highest BCUT2D eigenvalue weighted by atomic mass is 15.3. The van der Waals surface area contributed by atoms with E-state index in [4.69, 9.17) is 5.73 Å². The van der Waals surface area contributed by atoms with Crippen molar-refractivity contribution in [2.75, 3.05) is 0 Å². The number of hydrogen-bond acceptors (Lipinski definition) is 2. The molecule has 0 aromatic carbocycles. The summed E-state index contributed by atoms with van der Waals surface area (Å²) < 4.78 is 1.94. The van der Waals surface area contributed by atoms with Gasteiger partial charge in [-0.15, -0.1) is 0 Å². The molecule has 1 heterocycles. The monoisotopic (exact) mass is 167 g/mol. The van der Waals surface area contributed by atoms with E-state index in [9.17, 15) is 0 Å². The lowest BCUT2D eigenvalue weighted by atomic mass is 10.1. The summed E-state index contributed by atoms with van der Waals surface area (Å²) >= 11 is 0. The fourth-order valence-corrected chi connectivity index (χ4v) is 0.939. The first kappa shape index (κ1) is 9.26. The molecule has 0 bridgehead atoms. The van der Waals surface area contributed by atoms with E-state index < -0.39 is 0 Å². The number of nitrogens with two attached hydrogens (primary N) is 1. The second kappa shape index (κ2) is 2.90. The van der Waals surface area contributed by atoms with Gasteiger partial charge in [0, 0.05) is 17.8 Å². The van der Waals surface area contributed by atoms with Gasteiger partial charge in [-0.3, -0.25) is 4.68 Å². The van der Waals surface area contributed by atoms with Crippen LogP contribution in [0.15, 0.2) is 12.4 Å². The van der Waals surface area contributed by atoms with Gasteiger partial charge in [-0.1, -0.05) is 0 Å². The molecule has 3 nitrogen and oxygen atoms in total. The van der Waals surface area contributed by atoms with Crippen LogP contribution in [0.3, 0.4) is 0 Å². The molecule has 1 aromatic heterocycles. The van der Waals surface area contributed by atoms with Gasteiger partial charge in [0.2, 0.25) is 0 Å². The number of rotatable bonds is 1. The third-order valence-corrected chi connectivity index (χ3v) is 1.82. The highest BCUT2D eigenvalue weighted by Gasteiger charge is 2.14. The molecule has 0 radical (unpaired) electrons. The van der Waals surface area contributed by atoms with Crippen LogP contribution in [0.1, 0.15) is 39.3 Å². The van der Waals surface area contributed by atoms with Gasteiger partial charge in [0.15, 0.2) is 0 Å². The lowest BCUT2D eigenvalue weighted by molar-refractivity contribution is 0.355. The summed E-state index contributed by atoms with van der Waals surface area (Å²) in [6.07, 6.45) is 3.83. The molecule has 1 rings (SSSR count). The van der Waals surface area contributed by atoms with Gasteiger partial charge >= 0.3 is 0 Å². The molecular formula is C9H17N3. The lowest BCUT2D eigenvalue weighted by Crippen LogP contribution is -2.22. The van der Waals surface area contributed by atoms with E-state index in [0.717, 1.165) is 5.56 Å². The SMILES string of the molecule is CC(N)c1cnn(C(C)(C)C)c1. The molecule has 1 aromatic rings. The van der Waals surface area contributed by atoms with E-state index in [0.29, 0.717) is 0 Å². The quantitative estimate of drug-likeness (QED) is 0.691. The summed E-state index contributed by atoms with van der Waals surface area (Å²) in [4.78, 5) is 0. The molecule has 2 N–H and O–H groups in total. The maximum Gasteiger partial charge on any atom is 0.0543 e. The molecule has 0 amide bonds. The van der Waals surface area contributed by atoms with Gasteiger partial charge in [0.05, 0.1) is 11.7 Å². The standard InChI is InChI=1S/C9H17N3/c1-7(10)8-5-11-12(6-8)9(2,3)4/h5-7H,10H2,1-4H3. The Morgan fingerprint density at radius 1 is 1.50 bits per heavy atom. The molecule has 68 valence electrons. The summed E-state index contributed by atoms with van der Waals surface area (Å²) in [6, 6.07) is 0.0705. The molecule has 0 spiro atoms. The van der Waals surface area contributed by atoms with Crippen molar-refractivity contribution in [2.45, 2.75) is 39.3 Å². The minimum Gasteiger partial charge on any atom is -0.324 e. The molecule has 0 aliphatic carbocycles. The zero-order valence-corrected chi connectivity index (χ0v) is 8.20. The Morgan fingerprint density at radius 2 is 2.08 bits per heavy atom. The maximum atomic E-state index is 5.72. The average molecular weight is 167 g/mol. The van der Waals surface area contributed by atoms with Crippen molar-refractivity contribution >= 4 is 0 Å². The molecule has 3 heteroatoms. The van der Waals surface area contributed by atoms with Crippen LogP contribution in [0, 0.1) is 0 Å². The van der Waals surface area contributed by atoms with Crippen molar-refractivity contribution < 1.29 is 0 Å². The molecule has 0 fully saturated rings. The molecule has 0 saturated carbocycles. The van der Waals surface area contributed by atoms with Gasteiger partial charge in [0.1, 0.15) is 0 Å². The van der Waals surface area contributed by atoms with E-state index in [1.807, 2.05) is 24.0 Å². The van der Waals surface area contributed by atoms with Crippen molar-refractivity contribution in [1.29, 1.82) is 0 Å². The number of aromatic nitrogens is 2. The van der Waals surface area contributed by atoms with Gasteiger partial charge in [-0.2, -0.15) is 5.10 Å². The summed E-state index contributed by atoms with van der Waals surface area (Å²) in [7, 11) is 0. The Morgan fingerprint density at radius 3 is 2.33 bits per heavy atom. The summed E-state index contributed by atoms with van der Waals surface area (Å²) in [5.74, 6) is 0. The highest BCUT2D eigenvalue weighted by Crippen LogP contribution is 2.15. The van der Waals surface area contributed by atoms with Crippen molar-refractivity contribution in [3.63, 3.8) is 0 Å². The van der Waals surface area contributed by atoms with Crippen molar-refractivity contribution in [2.24, 2.45) is 5.73 Å². The van der Waals surface area contributed by atoms with Crippen LogP contribution in [-0.4, -0.2) is 9.78 Å². The fourth-order valence-electron chi connectivity index (χ4n) is 0.939. The van der Waals surface area contributed by atoms with Crippen LogP contribution in [0.25, 0.3) is 0 Å². The largest absolute Gasteiger partial charge is 0.324 e. The van der Waals surface area contributed by atoms with Crippen LogP contribution in [0.2, 0.25) is 0 Å². The average Bonchev–Trinajstić information content (AvgIpc) is 2.30. The van der Waals surface area contributed by atoms with E-state index in [1.165, 1.54) is 0 Å². The van der Waals surface area contributed by atoms with Crippen LogP contribution >= 0.6 is 0 Å². The number of nitrogens with zero attached hydrogens (tertiary/aromatic N) is 2. The predicted molar refractivity (Wildman–Crippen MR) is 49.8 cm³/mol. The molecule has 0 saturated heterocycles. The normalized spacial score (nSPS) is 14.8. The first-order chi connectivity index (χ1) is 5.41. The summed E-state index contributed by atoms with van der Waals surface area (Å²) in [5.41, 5.74) is 6.85. The Kier molecular flexibility index (Phi) is 2.24. The lowest BCUT2D eigenvalue weighted by Gasteiger charge is -2.18. The van der Waals surface area contributed by atoms with Crippen molar-refractivity contribution in [3.8, 4) is 0 Å². The predicted octanol–water partition coefficient (Wildman–Crippen LogP) is 1.66. The van der Waals surface area contributed by atoms with E-state index in [1.54, 1.807) is 0 Å². The topological polar surface area (TPSA) is 43.8 Å². The first-order valence-corrected chi connectivity index (χ1v) is 4.22. The second-order valence-electron chi connectivity index (χ2n) is 4.18. The smallest absolute Gasteiger partial charge is 0.0543 e. The van der Waals surface area contributed by atoms with Gasteiger partial charge < -0.3 is 5.73 Å². The molecule has 1 unspecified atom stereocenters. The summed E-state index contributed by atoms with van der Waals surface area (Å²) in [6.45, 7) is 8.31. The van der Waals surface area contributed by atoms with E-state index >= 15 is 0 Å². The first-order valence-electron chi connectivity index (χ1n) is 4.22. The van der Waals surface area contributed by atoms with Gasteiger partial charge in [-0.25, -0.2) is 0 Å². The minimum absolute atomic E-state index is 0.0488. The van der Waals surface area contributed by atoms with Crippen molar-refractivity contribution in [1.82, 2.24) is 9.78 Å². The minimum atomic E-state index is 0.0488. The highest BCUT2D eigenvalue weighted by molar-refractivity contribution is 5.09. The van der Waals surface area contributed by atoms with Crippen LogP contribution in [-0.2, 0) is 5.54 Å². The Hall–Kier alpha value is -0.830.